The highest BCUT2D eigenvalue weighted by atomic mass is 16.1. The Morgan fingerprint density at radius 2 is 2.13 bits per heavy atom. The molecule has 0 aliphatic rings. The molecule has 2 atom stereocenters. The Balaban J connectivity index is 3.64. The SMILES string of the molecule is C=CCC(C)C(C)NCC(=O)NCCC. The minimum atomic E-state index is 0.0782. The van der Waals surface area contributed by atoms with Crippen LogP contribution < -0.4 is 10.6 Å². The van der Waals surface area contributed by atoms with Crippen molar-refractivity contribution in [2.24, 2.45) is 5.92 Å². The summed E-state index contributed by atoms with van der Waals surface area (Å²) in [6, 6.07) is 0.343. The van der Waals surface area contributed by atoms with Crippen LogP contribution in [-0.4, -0.2) is 25.0 Å². The van der Waals surface area contributed by atoms with Crippen molar-refractivity contribution in [2.45, 2.75) is 39.7 Å². The molecule has 0 rings (SSSR count). The summed E-state index contributed by atoms with van der Waals surface area (Å²) in [4.78, 5) is 11.3. The number of rotatable bonds is 8. The third-order valence-corrected chi connectivity index (χ3v) is 2.55. The fraction of sp³-hybridized carbons (Fsp3) is 0.750. The van der Waals surface area contributed by atoms with Crippen molar-refractivity contribution in [3.05, 3.63) is 12.7 Å². The van der Waals surface area contributed by atoms with Gasteiger partial charge in [-0.3, -0.25) is 4.79 Å². The summed E-state index contributed by atoms with van der Waals surface area (Å²) >= 11 is 0. The molecule has 88 valence electrons. The van der Waals surface area contributed by atoms with Crippen molar-refractivity contribution >= 4 is 5.91 Å². The molecule has 0 aromatic carbocycles. The van der Waals surface area contributed by atoms with Gasteiger partial charge >= 0.3 is 0 Å². The molecule has 0 spiro atoms. The minimum Gasteiger partial charge on any atom is -0.355 e. The van der Waals surface area contributed by atoms with Gasteiger partial charge in [0, 0.05) is 12.6 Å². The first-order valence-electron chi connectivity index (χ1n) is 5.72. The number of nitrogens with one attached hydrogen (secondary N) is 2. The summed E-state index contributed by atoms with van der Waals surface area (Å²) in [7, 11) is 0. The fourth-order valence-electron chi connectivity index (χ4n) is 1.25. The van der Waals surface area contributed by atoms with Gasteiger partial charge in [-0.15, -0.1) is 6.58 Å². The molecule has 0 aliphatic carbocycles. The van der Waals surface area contributed by atoms with E-state index in [2.05, 4.69) is 31.1 Å². The molecule has 0 fully saturated rings. The van der Waals surface area contributed by atoms with Crippen LogP contribution in [0.2, 0.25) is 0 Å². The van der Waals surface area contributed by atoms with Gasteiger partial charge in [0.1, 0.15) is 0 Å². The molecule has 3 heteroatoms. The molecule has 0 aromatic heterocycles. The standard InChI is InChI=1S/C12H24N2O/c1-5-7-10(3)11(4)14-9-12(15)13-8-6-2/h5,10-11,14H,1,6-9H2,2-4H3,(H,13,15). The van der Waals surface area contributed by atoms with E-state index >= 15 is 0 Å². The minimum absolute atomic E-state index is 0.0782. The highest BCUT2D eigenvalue weighted by Gasteiger charge is 2.11. The molecule has 2 N–H and O–H groups in total. The zero-order chi connectivity index (χ0) is 11.7. The van der Waals surface area contributed by atoms with Crippen LogP contribution in [0.1, 0.15) is 33.6 Å². The van der Waals surface area contributed by atoms with Crippen molar-refractivity contribution in [2.75, 3.05) is 13.1 Å². The normalized spacial score (nSPS) is 14.3. The fourth-order valence-corrected chi connectivity index (χ4v) is 1.25. The molecule has 3 nitrogen and oxygen atoms in total. The van der Waals surface area contributed by atoms with Gasteiger partial charge in [0.2, 0.25) is 5.91 Å². The molecule has 0 heterocycles. The molecule has 2 unspecified atom stereocenters. The number of carbonyl (C=O) groups is 1. The van der Waals surface area contributed by atoms with E-state index in [0.717, 1.165) is 19.4 Å². The highest BCUT2D eigenvalue weighted by molar-refractivity contribution is 5.77. The Kier molecular flexibility index (Phi) is 8.01. The Morgan fingerprint density at radius 1 is 1.47 bits per heavy atom. The molecular formula is C12H24N2O. The van der Waals surface area contributed by atoms with Crippen molar-refractivity contribution in [1.82, 2.24) is 10.6 Å². The van der Waals surface area contributed by atoms with E-state index in [1.807, 2.05) is 13.0 Å². The molecule has 0 saturated carbocycles. The number of amides is 1. The summed E-state index contributed by atoms with van der Waals surface area (Å²) in [6.45, 7) is 11.2. The first-order valence-corrected chi connectivity index (χ1v) is 5.72. The van der Waals surface area contributed by atoms with Crippen LogP contribution in [0.15, 0.2) is 12.7 Å². The zero-order valence-corrected chi connectivity index (χ0v) is 10.2. The van der Waals surface area contributed by atoms with Gasteiger partial charge in [0.25, 0.3) is 0 Å². The molecular weight excluding hydrogens is 188 g/mol. The van der Waals surface area contributed by atoms with Crippen molar-refractivity contribution in [3.8, 4) is 0 Å². The van der Waals surface area contributed by atoms with E-state index in [0.29, 0.717) is 18.5 Å². The van der Waals surface area contributed by atoms with Gasteiger partial charge in [-0.2, -0.15) is 0 Å². The van der Waals surface area contributed by atoms with E-state index in [9.17, 15) is 4.79 Å². The van der Waals surface area contributed by atoms with Crippen molar-refractivity contribution in [1.29, 1.82) is 0 Å². The largest absolute Gasteiger partial charge is 0.355 e. The van der Waals surface area contributed by atoms with Gasteiger partial charge in [-0.25, -0.2) is 0 Å². The molecule has 0 bridgehead atoms. The Hall–Kier alpha value is -0.830. The van der Waals surface area contributed by atoms with Crippen molar-refractivity contribution < 1.29 is 4.79 Å². The Morgan fingerprint density at radius 3 is 2.67 bits per heavy atom. The maximum absolute atomic E-state index is 11.3. The van der Waals surface area contributed by atoms with Crippen LogP contribution in [0.4, 0.5) is 0 Å². The maximum Gasteiger partial charge on any atom is 0.233 e. The van der Waals surface area contributed by atoms with Crippen LogP contribution in [0.25, 0.3) is 0 Å². The van der Waals surface area contributed by atoms with Crippen LogP contribution in [0.5, 0.6) is 0 Å². The predicted octanol–water partition coefficient (Wildman–Crippen LogP) is 1.70. The van der Waals surface area contributed by atoms with Crippen molar-refractivity contribution in [3.63, 3.8) is 0 Å². The van der Waals surface area contributed by atoms with E-state index in [1.165, 1.54) is 0 Å². The number of hydrogen-bond donors (Lipinski definition) is 2. The van der Waals surface area contributed by atoms with Gasteiger partial charge in [-0.1, -0.05) is 19.9 Å². The van der Waals surface area contributed by atoms with Crippen LogP contribution >= 0.6 is 0 Å². The maximum atomic E-state index is 11.3. The summed E-state index contributed by atoms with van der Waals surface area (Å²) in [6.07, 6.45) is 3.87. The zero-order valence-electron chi connectivity index (χ0n) is 10.2. The van der Waals surface area contributed by atoms with Crippen LogP contribution in [-0.2, 0) is 4.79 Å². The van der Waals surface area contributed by atoms with E-state index in [1.54, 1.807) is 0 Å². The molecule has 0 saturated heterocycles. The molecule has 15 heavy (non-hydrogen) atoms. The lowest BCUT2D eigenvalue weighted by Gasteiger charge is -2.19. The second kappa shape index (κ2) is 8.48. The lowest BCUT2D eigenvalue weighted by molar-refractivity contribution is -0.120. The summed E-state index contributed by atoms with van der Waals surface area (Å²) in [5.41, 5.74) is 0. The van der Waals surface area contributed by atoms with Gasteiger partial charge in [0.05, 0.1) is 6.54 Å². The van der Waals surface area contributed by atoms with Crippen LogP contribution in [0, 0.1) is 5.92 Å². The second-order valence-corrected chi connectivity index (χ2v) is 4.02. The highest BCUT2D eigenvalue weighted by Crippen LogP contribution is 2.07. The van der Waals surface area contributed by atoms with Gasteiger partial charge in [-0.05, 0) is 25.7 Å². The first kappa shape index (κ1) is 14.2. The van der Waals surface area contributed by atoms with E-state index < -0.39 is 0 Å². The molecule has 1 amide bonds. The lowest BCUT2D eigenvalue weighted by atomic mass is 10.00. The topological polar surface area (TPSA) is 41.1 Å². The average Bonchev–Trinajstić information content (AvgIpc) is 2.23. The van der Waals surface area contributed by atoms with E-state index in [-0.39, 0.29) is 5.91 Å². The summed E-state index contributed by atoms with van der Waals surface area (Å²) in [5.74, 6) is 0.593. The van der Waals surface area contributed by atoms with Crippen LogP contribution in [0.3, 0.4) is 0 Å². The average molecular weight is 212 g/mol. The van der Waals surface area contributed by atoms with Gasteiger partial charge in [0.15, 0.2) is 0 Å². The number of allylic oxidation sites excluding steroid dienone is 1. The number of hydrogen-bond acceptors (Lipinski definition) is 2. The number of carbonyl (C=O) groups excluding carboxylic acids is 1. The summed E-state index contributed by atoms with van der Waals surface area (Å²) in [5, 5.41) is 6.05. The van der Waals surface area contributed by atoms with Gasteiger partial charge < -0.3 is 10.6 Å². The summed E-state index contributed by atoms with van der Waals surface area (Å²) < 4.78 is 0. The first-order chi connectivity index (χ1) is 7.11. The second-order valence-electron chi connectivity index (χ2n) is 4.02. The third-order valence-electron chi connectivity index (χ3n) is 2.55. The monoisotopic (exact) mass is 212 g/mol. The molecule has 0 aromatic rings. The quantitative estimate of drug-likeness (QED) is 0.601. The smallest absolute Gasteiger partial charge is 0.233 e. The lowest BCUT2D eigenvalue weighted by Crippen LogP contribution is -2.40. The predicted molar refractivity (Wildman–Crippen MR) is 64.7 cm³/mol. The molecule has 0 radical (unpaired) electrons. The Labute approximate surface area is 93.3 Å². The van der Waals surface area contributed by atoms with E-state index in [4.69, 9.17) is 0 Å². The Bertz CT molecular complexity index is 192. The third kappa shape index (κ3) is 7.14. The molecule has 0 aliphatic heterocycles.